The fourth-order valence-electron chi connectivity index (χ4n) is 2.65. The maximum atomic E-state index is 3.70. The quantitative estimate of drug-likeness (QED) is 0.776. The van der Waals surface area contributed by atoms with Crippen molar-refractivity contribution < 1.29 is 0 Å². The van der Waals surface area contributed by atoms with Gasteiger partial charge in [0.25, 0.3) is 0 Å². The Morgan fingerprint density at radius 1 is 1.05 bits per heavy atom. The molecule has 0 radical (unpaired) electrons. The third-order valence-electron chi connectivity index (χ3n) is 3.99. The van der Waals surface area contributed by atoms with E-state index >= 15 is 0 Å². The highest BCUT2D eigenvalue weighted by Gasteiger charge is 2.29. The highest BCUT2D eigenvalue weighted by Crippen LogP contribution is 2.25. The van der Waals surface area contributed by atoms with Crippen LogP contribution in [-0.2, 0) is 5.41 Å². The average molecular weight is 290 g/mol. The van der Waals surface area contributed by atoms with E-state index in [0.717, 1.165) is 13.1 Å². The van der Waals surface area contributed by atoms with Crippen LogP contribution in [0.5, 0.6) is 0 Å². The Hall–Kier alpha value is -0.860. The summed E-state index contributed by atoms with van der Waals surface area (Å²) in [6, 6.07) is 10.9. The first-order valence-electron chi connectivity index (χ1n) is 8.26. The minimum atomic E-state index is 0.136. The molecule has 1 unspecified atom stereocenters. The average Bonchev–Trinajstić information content (AvgIpc) is 2.43. The summed E-state index contributed by atoms with van der Waals surface area (Å²) in [5.41, 5.74) is 1.71. The fourth-order valence-corrected chi connectivity index (χ4v) is 2.65. The van der Waals surface area contributed by atoms with Gasteiger partial charge in [0.1, 0.15) is 0 Å². The Kier molecular flexibility index (Phi) is 6.89. The van der Waals surface area contributed by atoms with E-state index in [1.54, 1.807) is 0 Å². The van der Waals surface area contributed by atoms with Crippen LogP contribution in [0.2, 0.25) is 0 Å². The van der Waals surface area contributed by atoms with E-state index in [2.05, 4.69) is 82.2 Å². The number of nitrogens with zero attached hydrogens (tertiary/aromatic N) is 1. The normalized spacial score (nSPS) is 15.2. The van der Waals surface area contributed by atoms with Gasteiger partial charge in [-0.15, -0.1) is 0 Å². The number of rotatable bonds is 8. The lowest BCUT2D eigenvalue weighted by molar-refractivity contribution is 0.233. The van der Waals surface area contributed by atoms with Gasteiger partial charge in [-0.3, -0.25) is 0 Å². The van der Waals surface area contributed by atoms with Crippen LogP contribution >= 0.6 is 0 Å². The summed E-state index contributed by atoms with van der Waals surface area (Å²) in [5, 5.41) is 3.70. The molecule has 120 valence electrons. The molecule has 1 atom stereocenters. The largest absolute Gasteiger partial charge is 0.311 e. The smallest absolute Gasteiger partial charge is 0.0177 e. The Morgan fingerprint density at radius 3 is 2.19 bits per heavy atom. The van der Waals surface area contributed by atoms with Crippen molar-refractivity contribution in [3.63, 3.8) is 0 Å². The van der Waals surface area contributed by atoms with Gasteiger partial charge in [-0.2, -0.15) is 0 Å². The summed E-state index contributed by atoms with van der Waals surface area (Å²) >= 11 is 0. The molecular weight excluding hydrogens is 256 g/mol. The lowest BCUT2D eigenvalue weighted by atomic mass is 9.81. The van der Waals surface area contributed by atoms with Crippen molar-refractivity contribution in [2.45, 2.75) is 58.4 Å². The molecule has 0 fully saturated rings. The molecule has 1 aromatic carbocycles. The molecule has 0 spiro atoms. The number of nitrogens with one attached hydrogen (secondary N) is 1. The monoisotopic (exact) mass is 290 g/mol. The molecule has 1 rings (SSSR count). The zero-order chi connectivity index (χ0) is 15.9. The molecule has 0 amide bonds. The third kappa shape index (κ3) is 6.62. The summed E-state index contributed by atoms with van der Waals surface area (Å²) in [6.07, 6.45) is 2.53. The van der Waals surface area contributed by atoms with Gasteiger partial charge in [0.15, 0.2) is 0 Å². The molecule has 2 heteroatoms. The molecule has 0 aliphatic heterocycles. The number of unbranched alkanes of at least 4 members (excludes halogenated alkanes) is 1. The summed E-state index contributed by atoms with van der Waals surface area (Å²) in [4.78, 5) is 2.47. The van der Waals surface area contributed by atoms with Crippen molar-refractivity contribution in [3.05, 3.63) is 35.9 Å². The van der Waals surface area contributed by atoms with Crippen LogP contribution in [0.1, 0.15) is 53.0 Å². The van der Waals surface area contributed by atoms with Crippen LogP contribution in [0.25, 0.3) is 0 Å². The van der Waals surface area contributed by atoms with Crippen molar-refractivity contribution in [2.75, 3.05) is 26.7 Å². The van der Waals surface area contributed by atoms with E-state index in [1.165, 1.54) is 24.9 Å². The Balaban J connectivity index is 2.83. The van der Waals surface area contributed by atoms with Gasteiger partial charge in [-0.1, -0.05) is 50.6 Å². The molecular formula is C19H34N2. The van der Waals surface area contributed by atoms with Gasteiger partial charge in [0.2, 0.25) is 0 Å². The van der Waals surface area contributed by atoms with Crippen LogP contribution in [0.15, 0.2) is 30.3 Å². The highest BCUT2D eigenvalue weighted by atomic mass is 15.1. The number of hydrogen-bond donors (Lipinski definition) is 1. The zero-order valence-corrected chi connectivity index (χ0v) is 14.9. The molecule has 1 N–H and O–H groups in total. The second kappa shape index (κ2) is 7.95. The molecule has 0 heterocycles. The van der Waals surface area contributed by atoms with E-state index in [9.17, 15) is 0 Å². The molecule has 0 saturated heterocycles. The summed E-state index contributed by atoms with van der Waals surface area (Å²) in [6.45, 7) is 14.6. The molecule has 1 aromatic rings. The van der Waals surface area contributed by atoms with Gasteiger partial charge in [0, 0.05) is 24.0 Å². The lowest BCUT2D eigenvalue weighted by Gasteiger charge is -2.37. The van der Waals surface area contributed by atoms with Crippen molar-refractivity contribution in [2.24, 2.45) is 0 Å². The van der Waals surface area contributed by atoms with Crippen LogP contribution < -0.4 is 5.32 Å². The molecule has 21 heavy (non-hydrogen) atoms. The highest BCUT2D eigenvalue weighted by molar-refractivity contribution is 5.25. The van der Waals surface area contributed by atoms with Crippen molar-refractivity contribution in [1.82, 2.24) is 10.2 Å². The van der Waals surface area contributed by atoms with E-state index in [0.29, 0.717) is 0 Å². The van der Waals surface area contributed by atoms with Crippen LogP contribution in [0.4, 0.5) is 0 Å². The van der Waals surface area contributed by atoms with E-state index < -0.39 is 0 Å². The van der Waals surface area contributed by atoms with Gasteiger partial charge in [-0.05, 0) is 46.3 Å². The second-order valence-electron chi connectivity index (χ2n) is 7.62. The number of hydrogen-bond acceptors (Lipinski definition) is 2. The van der Waals surface area contributed by atoms with Crippen molar-refractivity contribution in [1.29, 1.82) is 0 Å². The SMILES string of the molecule is CCCCN(C)CC(C)(CNC(C)(C)C)c1ccccc1. The number of likely N-dealkylation sites (N-methyl/N-ethyl adjacent to an activating group) is 1. The Bertz CT molecular complexity index is 394. The summed E-state index contributed by atoms with van der Waals surface area (Å²) < 4.78 is 0. The lowest BCUT2D eigenvalue weighted by Crippen LogP contribution is -2.49. The van der Waals surface area contributed by atoms with Gasteiger partial charge in [0.05, 0.1) is 0 Å². The van der Waals surface area contributed by atoms with Crippen LogP contribution in [-0.4, -0.2) is 37.1 Å². The van der Waals surface area contributed by atoms with E-state index in [1.807, 2.05) is 0 Å². The Labute approximate surface area is 131 Å². The predicted octanol–water partition coefficient (Wildman–Crippen LogP) is 4.06. The van der Waals surface area contributed by atoms with Crippen LogP contribution in [0.3, 0.4) is 0 Å². The summed E-state index contributed by atoms with van der Waals surface area (Å²) in [7, 11) is 2.24. The fraction of sp³-hybridized carbons (Fsp3) is 0.684. The van der Waals surface area contributed by atoms with E-state index in [-0.39, 0.29) is 11.0 Å². The minimum Gasteiger partial charge on any atom is -0.311 e. The predicted molar refractivity (Wildman–Crippen MR) is 94.0 cm³/mol. The minimum absolute atomic E-state index is 0.136. The maximum absolute atomic E-state index is 3.70. The first kappa shape index (κ1) is 18.2. The summed E-state index contributed by atoms with van der Waals surface area (Å²) in [5.74, 6) is 0. The third-order valence-corrected chi connectivity index (χ3v) is 3.99. The first-order chi connectivity index (χ1) is 9.77. The van der Waals surface area contributed by atoms with Crippen LogP contribution in [0, 0.1) is 0 Å². The van der Waals surface area contributed by atoms with Crippen molar-refractivity contribution in [3.8, 4) is 0 Å². The second-order valence-corrected chi connectivity index (χ2v) is 7.62. The molecule has 0 aliphatic rings. The van der Waals surface area contributed by atoms with Gasteiger partial charge >= 0.3 is 0 Å². The number of benzene rings is 1. The molecule has 0 aromatic heterocycles. The van der Waals surface area contributed by atoms with E-state index in [4.69, 9.17) is 0 Å². The van der Waals surface area contributed by atoms with Crippen molar-refractivity contribution >= 4 is 0 Å². The molecule has 2 nitrogen and oxygen atoms in total. The maximum Gasteiger partial charge on any atom is 0.0177 e. The van der Waals surface area contributed by atoms with Gasteiger partial charge in [-0.25, -0.2) is 0 Å². The topological polar surface area (TPSA) is 15.3 Å². The zero-order valence-electron chi connectivity index (χ0n) is 14.9. The Morgan fingerprint density at radius 2 is 1.67 bits per heavy atom. The standard InChI is InChI=1S/C19H34N2/c1-7-8-14-21(6)16-19(5,15-20-18(2,3)4)17-12-10-9-11-13-17/h9-13,20H,7-8,14-16H2,1-6H3. The van der Waals surface area contributed by atoms with Gasteiger partial charge < -0.3 is 10.2 Å². The first-order valence-corrected chi connectivity index (χ1v) is 8.26. The molecule has 0 bridgehead atoms. The molecule has 0 aliphatic carbocycles. The molecule has 0 saturated carbocycles.